The summed E-state index contributed by atoms with van der Waals surface area (Å²) >= 11 is 6.28. The molecule has 2 N–H and O–H groups in total. The van der Waals surface area contributed by atoms with E-state index in [4.69, 9.17) is 16.3 Å². The normalized spacial score (nSPS) is 11.0. The molecule has 0 fully saturated rings. The summed E-state index contributed by atoms with van der Waals surface area (Å²) in [5.74, 6) is 0.742. The number of halogens is 1. The van der Waals surface area contributed by atoms with Gasteiger partial charge in [-0.25, -0.2) is 4.98 Å². The highest BCUT2D eigenvalue weighted by molar-refractivity contribution is 6.33. The molecule has 0 unspecified atom stereocenters. The third-order valence-electron chi connectivity index (χ3n) is 3.73. The first-order valence-corrected chi connectivity index (χ1v) is 7.45. The van der Waals surface area contributed by atoms with Crippen molar-refractivity contribution in [1.82, 2.24) is 15.0 Å². The predicted octanol–water partition coefficient (Wildman–Crippen LogP) is 4.52. The van der Waals surface area contributed by atoms with Crippen LogP contribution in [-0.2, 0) is 0 Å². The van der Waals surface area contributed by atoms with Gasteiger partial charge in [-0.1, -0.05) is 11.6 Å². The second kappa shape index (κ2) is 5.44. The monoisotopic (exact) mass is 324 g/mol. The second-order valence-electron chi connectivity index (χ2n) is 5.12. The number of imidazole rings is 1. The van der Waals surface area contributed by atoms with Gasteiger partial charge in [0.05, 0.1) is 40.7 Å². The minimum absolute atomic E-state index is 0.624. The molecule has 0 aliphatic heterocycles. The summed E-state index contributed by atoms with van der Waals surface area (Å²) in [5, 5.41) is 4.97. The van der Waals surface area contributed by atoms with Crippen molar-refractivity contribution in [1.29, 1.82) is 0 Å². The lowest BCUT2D eigenvalue weighted by Gasteiger charge is -2.12. The molecule has 6 heteroatoms. The third-order valence-corrected chi connectivity index (χ3v) is 4.06. The SMILES string of the molecule is COc1ccc(Cl)c(Nc2ccnc3cc4nc[nH]c4cc23)c1. The Balaban J connectivity index is 1.85. The number of ether oxygens (including phenoxy) is 1. The number of anilines is 2. The minimum atomic E-state index is 0.624. The highest BCUT2D eigenvalue weighted by Crippen LogP contribution is 2.33. The number of aromatic nitrogens is 3. The lowest BCUT2D eigenvalue weighted by molar-refractivity contribution is 0.415. The largest absolute Gasteiger partial charge is 0.497 e. The zero-order valence-corrected chi connectivity index (χ0v) is 13.1. The van der Waals surface area contributed by atoms with Crippen LogP contribution in [0.4, 0.5) is 11.4 Å². The van der Waals surface area contributed by atoms with Gasteiger partial charge in [0, 0.05) is 23.3 Å². The fourth-order valence-corrected chi connectivity index (χ4v) is 2.72. The predicted molar refractivity (Wildman–Crippen MR) is 92.7 cm³/mol. The summed E-state index contributed by atoms with van der Waals surface area (Å²) < 4.78 is 5.26. The summed E-state index contributed by atoms with van der Waals surface area (Å²) in [6, 6.07) is 11.4. The number of fused-ring (bicyclic) bond motifs is 2. The van der Waals surface area contributed by atoms with E-state index in [1.807, 2.05) is 30.3 Å². The van der Waals surface area contributed by atoms with Crippen LogP contribution in [0.15, 0.2) is 48.9 Å². The van der Waals surface area contributed by atoms with Gasteiger partial charge in [-0.3, -0.25) is 4.98 Å². The van der Waals surface area contributed by atoms with Crippen molar-refractivity contribution >= 4 is 44.9 Å². The Hall–Kier alpha value is -2.79. The third kappa shape index (κ3) is 2.45. The number of methoxy groups -OCH3 is 1. The molecule has 5 nitrogen and oxygen atoms in total. The first-order valence-electron chi connectivity index (χ1n) is 7.07. The molecule has 0 aliphatic rings. The molecule has 2 heterocycles. The summed E-state index contributed by atoms with van der Waals surface area (Å²) in [4.78, 5) is 11.8. The Morgan fingerprint density at radius 2 is 1.96 bits per heavy atom. The fraction of sp³-hybridized carbons (Fsp3) is 0.0588. The summed E-state index contributed by atoms with van der Waals surface area (Å²) in [5.41, 5.74) is 4.42. The average molecular weight is 325 g/mol. The molecular weight excluding hydrogens is 312 g/mol. The zero-order valence-electron chi connectivity index (χ0n) is 12.3. The molecule has 0 atom stereocenters. The van der Waals surface area contributed by atoms with E-state index in [2.05, 4.69) is 20.3 Å². The number of rotatable bonds is 3. The molecular formula is C17H13ClN4O. The molecule has 23 heavy (non-hydrogen) atoms. The molecule has 0 spiro atoms. The van der Waals surface area contributed by atoms with Gasteiger partial charge in [0.25, 0.3) is 0 Å². The van der Waals surface area contributed by atoms with Crippen molar-refractivity contribution in [2.75, 3.05) is 12.4 Å². The first kappa shape index (κ1) is 13.8. The zero-order chi connectivity index (χ0) is 15.8. The van der Waals surface area contributed by atoms with Crippen molar-refractivity contribution in [2.24, 2.45) is 0 Å². The number of nitrogens with one attached hydrogen (secondary N) is 2. The minimum Gasteiger partial charge on any atom is -0.497 e. The molecule has 0 aliphatic carbocycles. The highest BCUT2D eigenvalue weighted by Gasteiger charge is 2.08. The van der Waals surface area contributed by atoms with E-state index in [1.54, 1.807) is 25.7 Å². The molecule has 4 rings (SSSR count). The van der Waals surface area contributed by atoms with E-state index in [1.165, 1.54) is 0 Å². The summed E-state index contributed by atoms with van der Waals surface area (Å²) in [7, 11) is 1.63. The van der Waals surface area contributed by atoms with Crippen molar-refractivity contribution in [3.8, 4) is 5.75 Å². The number of benzene rings is 2. The number of nitrogens with zero attached hydrogens (tertiary/aromatic N) is 2. The van der Waals surface area contributed by atoms with E-state index in [-0.39, 0.29) is 0 Å². The number of hydrogen-bond donors (Lipinski definition) is 2. The van der Waals surface area contributed by atoms with Crippen LogP contribution in [0.2, 0.25) is 5.02 Å². The van der Waals surface area contributed by atoms with Crippen LogP contribution in [0.3, 0.4) is 0 Å². The van der Waals surface area contributed by atoms with Crippen LogP contribution >= 0.6 is 11.6 Å². The summed E-state index contributed by atoms with van der Waals surface area (Å²) in [6.45, 7) is 0. The Morgan fingerprint density at radius 3 is 2.83 bits per heavy atom. The molecule has 0 saturated carbocycles. The molecule has 4 aromatic rings. The maximum absolute atomic E-state index is 6.28. The molecule has 0 radical (unpaired) electrons. The Morgan fingerprint density at radius 1 is 1.04 bits per heavy atom. The first-order chi connectivity index (χ1) is 11.2. The number of pyridine rings is 1. The van der Waals surface area contributed by atoms with Crippen LogP contribution in [-0.4, -0.2) is 22.1 Å². The van der Waals surface area contributed by atoms with Crippen molar-refractivity contribution in [3.63, 3.8) is 0 Å². The van der Waals surface area contributed by atoms with E-state index in [9.17, 15) is 0 Å². The second-order valence-corrected chi connectivity index (χ2v) is 5.53. The molecule has 0 bridgehead atoms. The van der Waals surface area contributed by atoms with Crippen molar-refractivity contribution < 1.29 is 4.74 Å². The van der Waals surface area contributed by atoms with Crippen LogP contribution in [0.5, 0.6) is 5.75 Å². The lowest BCUT2D eigenvalue weighted by atomic mass is 10.1. The van der Waals surface area contributed by atoms with Gasteiger partial charge in [0.2, 0.25) is 0 Å². The standard InChI is InChI=1S/C17H13ClN4O/c1-23-10-2-3-12(18)15(6-10)22-13-4-5-19-14-8-17-16(7-11(13)14)20-9-21-17/h2-9H,1H3,(H,19,22)(H,20,21). The molecule has 2 aromatic heterocycles. The van der Waals surface area contributed by atoms with Gasteiger partial charge in [0.15, 0.2) is 0 Å². The van der Waals surface area contributed by atoms with Crippen LogP contribution < -0.4 is 10.1 Å². The Bertz CT molecular complexity index is 1010. The number of hydrogen-bond acceptors (Lipinski definition) is 4. The van der Waals surface area contributed by atoms with Gasteiger partial charge in [-0.15, -0.1) is 0 Å². The Kier molecular flexibility index (Phi) is 3.28. The maximum Gasteiger partial charge on any atom is 0.121 e. The van der Waals surface area contributed by atoms with Gasteiger partial charge in [-0.05, 0) is 30.3 Å². The van der Waals surface area contributed by atoms with Gasteiger partial charge in [-0.2, -0.15) is 0 Å². The van der Waals surface area contributed by atoms with Gasteiger partial charge >= 0.3 is 0 Å². The molecule has 0 amide bonds. The van der Waals surface area contributed by atoms with Crippen LogP contribution in [0, 0.1) is 0 Å². The van der Waals surface area contributed by atoms with Crippen molar-refractivity contribution in [3.05, 3.63) is 53.9 Å². The van der Waals surface area contributed by atoms with Crippen molar-refractivity contribution in [2.45, 2.75) is 0 Å². The molecule has 114 valence electrons. The van der Waals surface area contributed by atoms with Crippen LogP contribution in [0.25, 0.3) is 21.9 Å². The lowest BCUT2D eigenvalue weighted by Crippen LogP contribution is -1.94. The highest BCUT2D eigenvalue weighted by atomic mass is 35.5. The topological polar surface area (TPSA) is 62.8 Å². The van der Waals surface area contributed by atoms with E-state index < -0.39 is 0 Å². The van der Waals surface area contributed by atoms with E-state index in [0.717, 1.165) is 39.1 Å². The van der Waals surface area contributed by atoms with E-state index in [0.29, 0.717) is 5.02 Å². The molecule has 0 saturated heterocycles. The van der Waals surface area contributed by atoms with Gasteiger partial charge in [0.1, 0.15) is 5.75 Å². The number of H-pyrrole nitrogens is 1. The Labute approximate surface area is 137 Å². The van der Waals surface area contributed by atoms with Crippen LogP contribution in [0.1, 0.15) is 0 Å². The fourth-order valence-electron chi connectivity index (χ4n) is 2.56. The van der Waals surface area contributed by atoms with Gasteiger partial charge < -0.3 is 15.0 Å². The average Bonchev–Trinajstić information content (AvgIpc) is 3.02. The smallest absolute Gasteiger partial charge is 0.121 e. The maximum atomic E-state index is 6.28. The number of aromatic amines is 1. The van der Waals surface area contributed by atoms with E-state index >= 15 is 0 Å². The summed E-state index contributed by atoms with van der Waals surface area (Å²) in [6.07, 6.45) is 3.44. The quantitative estimate of drug-likeness (QED) is 0.581. The molecule has 2 aromatic carbocycles.